The number of carbonyl (C=O) groups is 2. The molecule has 2 amide bonds. The van der Waals surface area contributed by atoms with Gasteiger partial charge in [0.15, 0.2) is 0 Å². The molecule has 0 radical (unpaired) electrons. The lowest BCUT2D eigenvalue weighted by Crippen LogP contribution is -2.47. The molecule has 2 aromatic rings. The number of carbonyl (C=O) groups excluding carboxylic acids is 2. The van der Waals surface area contributed by atoms with E-state index in [0.29, 0.717) is 17.0 Å². The molecule has 0 saturated heterocycles. The summed E-state index contributed by atoms with van der Waals surface area (Å²) in [6.07, 6.45) is 0.473. The van der Waals surface area contributed by atoms with Gasteiger partial charge in [-0.3, -0.25) is 9.59 Å². The zero-order chi connectivity index (χ0) is 20.7. The van der Waals surface area contributed by atoms with Crippen LogP contribution in [0.25, 0.3) is 11.1 Å². The van der Waals surface area contributed by atoms with Crippen LogP contribution in [0.3, 0.4) is 0 Å². The van der Waals surface area contributed by atoms with Crippen LogP contribution in [0, 0.1) is 24.2 Å². The third-order valence-corrected chi connectivity index (χ3v) is 4.66. The Labute approximate surface area is 170 Å². The highest BCUT2D eigenvalue weighted by atomic mass is 35.5. The first-order valence-corrected chi connectivity index (χ1v) is 9.52. The van der Waals surface area contributed by atoms with E-state index in [2.05, 4.69) is 10.6 Å². The fourth-order valence-electron chi connectivity index (χ4n) is 2.94. The van der Waals surface area contributed by atoms with Crippen molar-refractivity contribution in [3.63, 3.8) is 0 Å². The first-order valence-electron chi connectivity index (χ1n) is 9.14. The highest BCUT2D eigenvalue weighted by Gasteiger charge is 2.22. The van der Waals surface area contributed by atoms with E-state index in [9.17, 15) is 9.59 Å². The highest BCUT2D eigenvalue weighted by Crippen LogP contribution is 2.31. The van der Waals surface area contributed by atoms with Gasteiger partial charge >= 0.3 is 0 Å². The summed E-state index contributed by atoms with van der Waals surface area (Å²) < 4.78 is 0. The zero-order valence-corrected chi connectivity index (χ0v) is 17.0. The molecule has 0 unspecified atom stereocenters. The Kier molecular flexibility index (Phi) is 7.60. The second-order valence-electron chi connectivity index (χ2n) is 7.04. The van der Waals surface area contributed by atoms with Gasteiger partial charge in [0, 0.05) is 16.1 Å². The van der Waals surface area contributed by atoms with Gasteiger partial charge < -0.3 is 10.6 Å². The number of amides is 2. The molecule has 2 aromatic carbocycles. The van der Waals surface area contributed by atoms with Crippen LogP contribution < -0.4 is 10.6 Å². The third-order valence-electron chi connectivity index (χ3n) is 4.33. The quantitative estimate of drug-likeness (QED) is 0.690. The lowest BCUT2D eigenvalue weighted by Gasteiger charge is -2.20. The molecule has 0 bridgehead atoms. The van der Waals surface area contributed by atoms with Gasteiger partial charge in [-0.1, -0.05) is 49.7 Å². The van der Waals surface area contributed by atoms with Crippen molar-refractivity contribution in [3.8, 4) is 17.2 Å². The summed E-state index contributed by atoms with van der Waals surface area (Å²) in [5.41, 5.74) is 3.19. The molecule has 0 fully saturated rings. The maximum Gasteiger partial charge on any atom is 0.251 e. The number of rotatable bonds is 7. The molecule has 28 heavy (non-hydrogen) atoms. The molecule has 146 valence electrons. The minimum atomic E-state index is -0.710. The van der Waals surface area contributed by atoms with Crippen molar-refractivity contribution < 1.29 is 9.59 Å². The van der Waals surface area contributed by atoms with Crippen molar-refractivity contribution in [2.45, 2.75) is 33.2 Å². The molecule has 0 spiro atoms. The van der Waals surface area contributed by atoms with Crippen LogP contribution >= 0.6 is 11.6 Å². The SMILES string of the molecule is Cc1ccccc1-c1cc(C(=O)N[C@@H](CC(C)C)C(=O)NCC#N)ccc1Cl. The van der Waals surface area contributed by atoms with Crippen LogP contribution in [0.2, 0.25) is 5.02 Å². The number of benzene rings is 2. The second-order valence-corrected chi connectivity index (χ2v) is 7.45. The fourth-order valence-corrected chi connectivity index (χ4v) is 3.16. The number of hydrogen-bond acceptors (Lipinski definition) is 3. The van der Waals surface area contributed by atoms with Gasteiger partial charge in [-0.15, -0.1) is 0 Å². The van der Waals surface area contributed by atoms with E-state index in [1.54, 1.807) is 18.2 Å². The van der Waals surface area contributed by atoms with Crippen LogP contribution in [0.5, 0.6) is 0 Å². The average Bonchev–Trinajstić information content (AvgIpc) is 2.66. The lowest BCUT2D eigenvalue weighted by atomic mass is 9.98. The maximum atomic E-state index is 12.8. The molecule has 2 rings (SSSR count). The largest absolute Gasteiger partial charge is 0.341 e. The molecule has 0 aliphatic carbocycles. The monoisotopic (exact) mass is 397 g/mol. The summed E-state index contributed by atoms with van der Waals surface area (Å²) in [4.78, 5) is 25.1. The molecule has 6 heteroatoms. The van der Waals surface area contributed by atoms with Crippen molar-refractivity contribution in [3.05, 3.63) is 58.6 Å². The number of nitrogens with one attached hydrogen (secondary N) is 2. The number of nitrogens with zero attached hydrogens (tertiary/aromatic N) is 1. The molecular formula is C22H24ClN3O2. The van der Waals surface area contributed by atoms with Gasteiger partial charge in [0.1, 0.15) is 12.6 Å². The summed E-state index contributed by atoms with van der Waals surface area (Å²) >= 11 is 6.36. The standard InChI is InChI=1S/C22H24ClN3O2/c1-14(2)12-20(22(28)25-11-10-24)26-21(27)16-8-9-19(23)18(13-16)17-7-5-4-6-15(17)3/h4-9,13-14,20H,11-12H2,1-3H3,(H,25,28)(H,26,27)/t20-/m0/s1. The summed E-state index contributed by atoms with van der Waals surface area (Å²) in [5.74, 6) is -0.521. The molecular weight excluding hydrogens is 374 g/mol. The number of nitriles is 1. The van der Waals surface area contributed by atoms with Gasteiger partial charge in [0.05, 0.1) is 6.07 Å². The van der Waals surface area contributed by atoms with Crippen molar-refractivity contribution in [2.75, 3.05) is 6.54 Å². The van der Waals surface area contributed by atoms with E-state index < -0.39 is 6.04 Å². The molecule has 0 saturated carbocycles. The molecule has 0 aromatic heterocycles. The molecule has 2 N–H and O–H groups in total. The Morgan fingerprint density at radius 2 is 1.86 bits per heavy atom. The molecule has 0 aliphatic rings. The number of hydrogen-bond donors (Lipinski definition) is 2. The fraction of sp³-hybridized carbons (Fsp3) is 0.318. The summed E-state index contributed by atoms with van der Waals surface area (Å²) in [6, 6.07) is 14.0. The molecule has 1 atom stereocenters. The Hall–Kier alpha value is -2.84. The van der Waals surface area contributed by atoms with E-state index in [-0.39, 0.29) is 24.3 Å². The molecule has 5 nitrogen and oxygen atoms in total. The Morgan fingerprint density at radius 3 is 2.50 bits per heavy atom. The van der Waals surface area contributed by atoms with Crippen molar-refractivity contribution >= 4 is 23.4 Å². The Balaban J connectivity index is 2.27. The van der Waals surface area contributed by atoms with Crippen molar-refractivity contribution in [2.24, 2.45) is 5.92 Å². The smallest absolute Gasteiger partial charge is 0.251 e. The van der Waals surface area contributed by atoms with Crippen molar-refractivity contribution in [1.82, 2.24) is 10.6 Å². The number of halogens is 1. The van der Waals surface area contributed by atoms with E-state index >= 15 is 0 Å². The zero-order valence-electron chi connectivity index (χ0n) is 16.3. The third kappa shape index (κ3) is 5.58. The topological polar surface area (TPSA) is 82.0 Å². The minimum absolute atomic E-state index is 0.0956. The van der Waals surface area contributed by atoms with E-state index in [1.807, 2.05) is 51.1 Å². The van der Waals surface area contributed by atoms with Crippen LogP contribution in [0.4, 0.5) is 0 Å². The second kappa shape index (κ2) is 9.91. The summed E-state index contributed by atoms with van der Waals surface area (Å²) in [6.45, 7) is 5.82. The highest BCUT2D eigenvalue weighted by molar-refractivity contribution is 6.33. The van der Waals surface area contributed by atoms with Crippen LogP contribution in [0.1, 0.15) is 36.2 Å². The Bertz CT molecular complexity index is 903. The van der Waals surface area contributed by atoms with E-state index in [0.717, 1.165) is 16.7 Å². The van der Waals surface area contributed by atoms with E-state index in [1.165, 1.54) is 0 Å². The normalized spacial score (nSPS) is 11.6. The first-order chi connectivity index (χ1) is 13.3. The van der Waals surface area contributed by atoms with Crippen LogP contribution in [-0.2, 0) is 4.79 Å². The lowest BCUT2D eigenvalue weighted by molar-refractivity contribution is -0.123. The van der Waals surface area contributed by atoms with Gasteiger partial charge in [0.2, 0.25) is 5.91 Å². The van der Waals surface area contributed by atoms with Crippen molar-refractivity contribution in [1.29, 1.82) is 5.26 Å². The van der Waals surface area contributed by atoms with Gasteiger partial charge in [0.25, 0.3) is 5.91 Å². The average molecular weight is 398 g/mol. The molecule has 0 heterocycles. The predicted molar refractivity (Wildman–Crippen MR) is 111 cm³/mol. The maximum absolute atomic E-state index is 12.8. The van der Waals surface area contributed by atoms with Gasteiger partial charge in [-0.2, -0.15) is 5.26 Å². The summed E-state index contributed by atoms with van der Waals surface area (Å²) in [7, 11) is 0. The van der Waals surface area contributed by atoms with Gasteiger partial charge in [-0.25, -0.2) is 0 Å². The molecule has 0 aliphatic heterocycles. The first kappa shape index (κ1) is 21.5. The van der Waals surface area contributed by atoms with Gasteiger partial charge in [-0.05, 0) is 48.6 Å². The van der Waals surface area contributed by atoms with Crippen LogP contribution in [0.15, 0.2) is 42.5 Å². The van der Waals surface area contributed by atoms with Crippen LogP contribution in [-0.4, -0.2) is 24.4 Å². The minimum Gasteiger partial charge on any atom is -0.341 e. The van der Waals surface area contributed by atoms with E-state index in [4.69, 9.17) is 16.9 Å². The summed E-state index contributed by atoms with van der Waals surface area (Å²) in [5, 5.41) is 14.5. The number of aryl methyl sites for hydroxylation is 1. The predicted octanol–water partition coefficient (Wildman–Crippen LogP) is 4.10. The Morgan fingerprint density at radius 1 is 1.14 bits per heavy atom.